The van der Waals surface area contributed by atoms with Crippen LogP contribution >= 0.6 is 0 Å². The summed E-state index contributed by atoms with van der Waals surface area (Å²) in [6, 6.07) is 4.88. The highest BCUT2D eigenvalue weighted by atomic mass is 16.5. The van der Waals surface area contributed by atoms with E-state index in [4.69, 9.17) is 4.74 Å². The molecule has 0 aliphatic carbocycles. The Hall–Kier alpha value is -2.45. The molecule has 1 spiro atoms. The van der Waals surface area contributed by atoms with Gasteiger partial charge in [-0.2, -0.15) is 0 Å². The van der Waals surface area contributed by atoms with E-state index in [1.807, 2.05) is 39.0 Å². The standard InChI is InChI=1S/C22H29N3O5/c1-12-5-6-13(2)14(11-12)24-19(28)17-22-8-7-21(3,30-22)15(18(27)23-4)16(22)20(29)25(17)9-10-26/h5-6,11,15-17,26H,7-10H2,1-4H3,(H,23,27)(H,24,28)/t15-,16+,17?,21+,22?/m1/s1. The van der Waals surface area contributed by atoms with Crippen molar-refractivity contribution >= 4 is 23.4 Å². The summed E-state index contributed by atoms with van der Waals surface area (Å²) in [7, 11) is 1.54. The van der Waals surface area contributed by atoms with Crippen LogP contribution in [-0.4, -0.2) is 65.2 Å². The summed E-state index contributed by atoms with van der Waals surface area (Å²) in [4.78, 5) is 41.0. The molecular formula is C22H29N3O5. The van der Waals surface area contributed by atoms with Crippen LogP contribution in [0.4, 0.5) is 5.69 Å². The predicted octanol–water partition coefficient (Wildman–Crippen LogP) is 0.745. The first-order valence-electron chi connectivity index (χ1n) is 10.4. The number of hydrogen-bond acceptors (Lipinski definition) is 5. The molecule has 2 bridgehead atoms. The smallest absolute Gasteiger partial charge is 0.250 e. The van der Waals surface area contributed by atoms with Crippen molar-refractivity contribution in [1.29, 1.82) is 0 Å². The summed E-state index contributed by atoms with van der Waals surface area (Å²) in [5, 5.41) is 15.2. The highest BCUT2D eigenvalue weighted by Crippen LogP contribution is 2.63. The third kappa shape index (κ3) is 2.77. The summed E-state index contributed by atoms with van der Waals surface area (Å²) in [6.45, 7) is 5.44. The van der Waals surface area contributed by atoms with Gasteiger partial charge in [-0.05, 0) is 50.8 Å². The van der Waals surface area contributed by atoms with Crippen molar-refractivity contribution < 1.29 is 24.2 Å². The lowest BCUT2D eigenvalue weighted by Crippen LogP contribution is -2.53. The van der Waals surface area contributed by atoms with Gasteiger partial charge in [-0.1, -0.05) is 12.1 Å². The SMILES string of the molecule is CNC(=O)[C@H]1[C@H]2C(=O)N(CCO)C(C(=O)Nc3cc(C)ccc3C)C23CC[C@]1(C)O3. The Kier molecular flexibility index (Phi) is 4.90. The third-order valence-electron chi connectivity index (χ3n) is 7.05. The van der Waals surface area contributed by atoms with Crippen molar-refractivity contribution in [2.45, 2.75) is 50.9 Å². The zero-order chi connectivity index (χ0) is 21.8. The second-order valence-corrected chi connectivity index (χ2v) is 8.90. The van der Waals surface area contributed by atoms with Gasteiger partial charge in [0.1, 0.15) is 11.6 Å². The molecule has 162 valence electrons. The summed E-state index contributed by atoms with van der Waals surface area (Å²) in [5.74, 6) is -2.31. The summed E-state index contributed by atoms with van der Waals surface area (Å²) >= 11 is 0. The molecule has 3 amide bonds. The maximum absolute atomic E-state index is 13.5. The monoisotopic (exact) mass is 415 g/mol. The molecule has 3 aliphatic rings. The normalized spacial score (nSPS) is 34.2. The van der Waals surface area contributed by atoms with Gasteiger partial charge in [0.15, 0.2) is 0 Å². The number of likely N-dealkylation sites (tertiary alicyclic amines) is 1. The van der Waals surface area contributed by atoms with Gasteiger partial charge in [0.05, 0.1) is 24.0 Å². The number of hydrogen-bond donors (Lipinski definition) is 3. The Labute approximate surface area is 176 Å². The largest absolute Gasteiger partial charge is 0.395 e. The van der Waals surface area contributed by atoms with Crippen LogP contribution in [-0.2, 0) is 19.1 Å². The van der Waals surface area contributed by atoms with Crippen LogP contribution in [0.2, 0.25) is 0 Å². The summed E-state index contributed by atoms with van der Waals surface area (Å²) in [5.41, 5.74) is 0.737. The molecule has 5 atom stereocenters. The number of rotatable bonds is 5. The molecule has 0 saturated carbocycles. The number of carbonyl (C=O) groups excluding carboxylic acids is 3. The average Bonchev–Trinajstić information content (AvgIpc) is 3.26. The van der Waals surface area contributed by atoms with Gasteiger partial charge in [-0.25, -0.2) is 0 Å². The lowest BCUT2D eigenvalue weighted by Gasteiger charge is -2.33. The van der Waals surface area contributed by atoms with Gasteiger partial charge >= 0.3 is 0 Å². The van der Waals surface area contributed by atoms with Gasteiger partial charge in [0, 0.05) is 19.3 Å². The van der Waals surface area contributed by atoms with Gasteiger partial charge in [-0.15, -0.1) is 0 Å². The van der Waals surface area contributed by atoms with Gasteiger partial charge in [-0.3, -0.25) is 14.4 Å². The van der Waals surface area contributed by atoms with Crippen molar-refractivity contribution in [1.82, 2.24) is 10.2 Å². The van der Waals surface area contributed by atoms with Gasteiger partial charge in [0.25, 0.3) is 0 Å². The average molecular weight is 415 g/mol. The number of aryl methyl sites for hydroxylation is 2. The first-order chi connectivity index (χ1) is 14.2. The van der Waals surface area contributed by atoms with E-state index in [0.29, 0.717) is 18.5 Å². The van der Waals surface area contributed by atoms with Crippen LogP contribution in [0.15, 0.2) is 18.2 Å². The fourth-order valence-electron chi connectivity index (χ4n) is 5.70. The van der Waals surface area contributed by atoms with Crippen molar-refractivity contribution in [2.24, 2.45) is 11.8 Å². The number of nitrogens with one attached hydrogen (secondary N) is 2. The summed E-state index contributed by atoms with van der Waals surface area (Å²) < 4.78 is 6.41. The van der Waals surface area contributed by atoms with Crippen LogP contribution in [0, 0.1) is 25.7 Å². The lowest BCUT2D eigenvalue weighted by atomic mass is 9.66. The summed E-state index contributed by atoms with van der Waals surface area (Å²) in [6.07, 6.45) is 1.11. The maximum Gasteiger partial charge on any atom is 0.250 e. The number of ether oxygens (including phenoxy) is 1. The van der Waals surface area contributed by atoms with E-state index >= 15 is 0 Å². The number of nitrogens with zero attached hydrogens (tertiary/aromatic N) is 1. The number of anilines is 1. The van der Waals surface area contributed by atoms with E-state index in [0.717, 1.165) is 11.1 Å². The topological polar surface area (TPSA) is 108 Å². The van der Waals surface area contributed by atoms with E-state index in [1.54, 1.807) is 7.05 Å². The van der Waals surface area contributed by atoms with Crippen LogP contribution in [0.1, 0.15) is 30.9 Å². The fourth-order valence-corrected chi connectivity index (χ4v) is 5.70. The number of aliphatic hydroxyl groups is 1. The second-order valence-electron chi connectivity index (χ2n) is 8.90. The zero-order valence-electron chi connectivity index (χ0n) is 17.8. The number of aliphatic hydroxyl groups excluding tert-OH is 1. The Morgan fingerprint density at radius 3 is 2.67 bits per heavy atom. The van der Waals surface area contributed by atoms with Crippen LogP contribution in [0.25, 0.3) is 0 Å². The highest BCUT2D eigenvalue weighted by molar-refractivity contribution is 6.04. The van der Waals surface area contributed by atoms with Crippen molar-refractivity contribution in [2.75, 3.05) is 25.5 Å². The highest BCUT2D eigenvalue weighted by Gasteiger charge is 2.77. The van der Waals surface area contributed by atoms with Crippen LogP contribution in [0.5, 0.6) is 0 Å². The van der Waals surface area contributed by atoms with Crippen LogP contribution < -0.4 is 10.6 Å². The Bertz CT molecular complexity index is 918. The molecule has 2 unspecified atom stereocenters. The Morgan fingerprint density at radius 1 is 1.27 bits per heavy atom. The molecule has 0 aromatic heterocycles. The Balaban J connectivity index is 1.74. The minimum absolute atomic E-state index is 0.0164. The van der Waals surface area contributed by atoms with Crippen molar-refractivity contribution in [3.05, 3.63) is 29.3 Å². The first-order valence-corrected chi connectivity index (χ1v) is 10.4. The first kappa shape index (κ1) is 20.8. The van der Waals surface area contributed by atoms with E-state index < -0.39 is 29.1 Å². The molecule has 4 rings (SSSR count). The van der Waals surface area contributed by atoms with E-state index in [2.05, 4.69) is 10.6 Å². The molecule has 0 radical (unpaired) electrons. The molecule has 30 heavy (non-hydrogen) atoms. The minimum Gasteiger partial charge on any atom is -0.395 e. The maximum atomic E-state index is 13.5. The molecule has 3 N–H and O–H groups in total. The minimum atomic E-state index is -1.07. The van der Waals surface area contributed by atoms with E-state index in [-0.39, 0.29) is 30.9 Å². The van der Waals surface area contributed by atoms with Gasteiger partial charge < -0.3 is 25.4 Å². The Morgan fingerprint density at radius 2 is 2.00 bits per heavy atom. The molecule has 8 heteroatoms. The molecule has 3 heterocycles. The molecule has 3 aliphatic heterocycles. The quantitative estimate of drug-likeness (QED) is 0.658. The number of benzene rings is 1. The molecule has 1 aromatic carbocycles. The third-order valence-corrected chi connectivity index (χ3v) is 7.05. The molecule has 3 saturated heterocycles. The number of β-amino-alcohol motifs (C(OH)–C–C–N with tert-alkyl or cyclic N) is 1. The van der Waals surface area contributed by atoms with Gasteiger partial charge in [0.2, 0.25) is 17.7 Å². The van der Waals surface area contributed by atoms with Crippen molar-refractivity contribution in [3.8, 4) is 0 Å². The molecule has 8 nitrogen and oxygen atoms in total. The number of carbonyl (C=O) groups is 3. The van der Waals surface area contributed by atoms with Crippen LogP contribution in [0.3, 0.4) is 0 Å². The fraction of sp³-hybridized carbons (Fsp3) is 0.591. The lowest BCUT2D eigenvalue weighted by molar-refractivity contribution is -0.144. The zero-order valence-corrected chi connectivity index (χ0v) is 17.8. The molecular weight excluding hydrogens is 386 g/mol. The number of amides is 3. The van der Waals surface area contributed by atoms with E-state index in [9.17, 15) is 19.5 Å². The molecule has 1 aromatic rings. The number of fused-ring (bicyclic) bond motifs is 1. The second kappa shape index (κ2) is 7.06. The molecule has 3 fully saturated rings. The van der Waals surface area contributed by atoms with Crippen molar-refractivity contribution in [3.63, 3.8) is 0 Å². The van der Waals surface area contributed by atoms with E-state index in [1.165, 1.54) is 4.90 Å². The predicted molar refractivity (Wildman–Crippen MR) is 110 cm³/mol.